The molecular formula is C18H25N3O2. The quantitative estimate of drug-likeness (QED) is 0.767. The SMILES string of the molecule is C1=CN([C@@H]2C[C@H]3CCN(C3)C2)C=C2OC(N3CCOCC3)C=C12. The maximum absolute atomic E-state index is 6.23. The number of nitrogens with zero attached hydrogens (tertiary/aromatic N) is 3. The van der Waals surface area contributed by atoms with Gasteiger partial charge in [-0.3, -0.25) is 4.90 Å². The lowest BCUT2D eigenvalue weighted by Crippen LogP contribution is -2.44. The zero-order valence-electron chi connectivity index (χ0n) is 13.6. The summed E-state index contributed by atoms with van der Waals surface area (Å²) in [6, 6.07) is 0.604. The van der Waals surface area contributed by atoms with E-state index in [2.05, 4.69) is 39.3 Å². The molecular weight excluding hydrogens is 290 g/mol. The van der Waals surface area contributed by atoms with Crippen LogP contribution >= 0.6 is 0 Å². The molecule has 4 atom stereocenters. The fourth-order valence-corrected chi connectivity index (χ4v) is 4.54. The molecule has 0 N–H and O–H groups in total. The van der Waals surface area contributed by atoms with Crippen LogP contribution < -0.4 is 0 Å². The highest BCUT2D eigenvalue weighted by Crippen LogP contribution is 2.34. The normalized spacial score (nSPS) is 39.7. The van der Waals surface area contributed by atoms with Crippen molar-refractivity contribution in [2.24, 2.45) is 5.92 Å². The van der Waals surface area contributed by atoms with E-state index in [9.17, 15) is 0 Å². The largest absolute Gasteiger partial charge is 0.469 e. The van der Waals surface area contributed by atoms with E-state index in [1.165, 1.54) is 38.0 Å². The Bertz CT molecular complexity index is 553. The maximum Gasteiger partial charge on any atom is 0.173 e. The predicted octanol–water partition coefficient (Wildman–Crippen LogP) is 1.37. The third kappa shape index (κ3) is 2.61. The monoisotopic (exact) mass is 315 g/mol. The Morgan fingerprint density at radius 3 is 2.87 bits per heavy atom. The van der Waals surface area contributed by atoms with Crippen molar-refractivity contribution in [2.75, 3.05) is 45.9 Å². The number of piperidine rings is 1. The van der Waals surface area contributed by atoms with Crippen molar-refractivity contribution in [3.63, 3.8) is 0 Å². The minimum atomic E-state index is 0.0797. The van der Waals surface area contributed by atoms with Crippen molar-refractivity contribution < 1.29 is 9.47 Å². The molecule has 5 heteroatoms. The first-order chi connectivity index (χ1) is 11.3. The lowest BCUT2D eigenvalue weighted by Gasteiger charge is -2.37. The summed E-state index contributed by atoms with van der Waals surface area (Å²) in [6.45, 7) is 7.31. The maximum atomic E-state index is 6.23. The fourth-order valence-electron chi connectivity index (χ4n) is 4.54. The molecule has 0 saturated carbocycles. The van der Waals surface area contributed by atoms with E-state index < -0.39 is 0 Å². The van der Waals surface area contributed by atoms with Crippen LogP contribution in [0.2, 0.25) is 0 Å². The van der Waals surface area contributed by atoms with Crippen molar-refractivity contribution in [1.29, 1.82) is 0 Å². The van der Waals surface area contributed by atoms with Crippen LogP contribution in [-0.4, -0.2) is 72.9 Å². The fraction of sp³-hybridized carbons (Fsp3) is 0.667. The molecule has 0 aromatic carbocycles. The zero-order chi connectivity index (χ0) is 15.2. The van der Waals surface area contributed by atoms with Crippen LogP contribution in [0, 0.1) is 5.92 Å². The van der Waals surface area contributed by atoms with Crippen LogP contribution in [0.3, 0.4) is 0 Å². The second-order valence-electron chi connectivity index (χ2n) is 7.34. The Morgan fingerprint density at radius 1 is 1.09 bits per heavy atom. The van der Waals surface area contributed by atoms with Crippen molar-refractivity contribution in [3.05, 3.63) is 35.9 Å². The van der Waals surface area contributed by atoms with E-state index in [1.54, 1.807) is 0 Å². The summed E-state index contributed by atoms with van der Waals surface area (Å²) in [5.41, 5.74) is 1.23. The van der Waals surface area contributed by atoms with Gasteiger partial charge >= 0.3 is 0 Å². The van der Waals surface area contributed by atoms with Gasteiger partial charge in [-0.25, -0.2) is 0 Å². The third-order valence-electron chi connectivity index (χ3n) is 5.82. The highest BCUT2D eigenvalue weighted by Gasteiger charge is 2.36. The third-order valence-corrected chi connectivity index (χ3v) is 5.82. The van der Waals surface area contributed by atoms with E-state index in [4.69, 9.17) is 9.47 Å². The molecule has 23 heavy (non-hydrogen) atoms. The van der Waals surface area contributed by atoms with E-state index in [0.717, 1.165) is 38.0 Å². The van der Waals surface area contributed by atoms with Crippen LogP contribution in [-0.2, 0) is 9.47 Å². The molecule has 0 aliphatic carbocycles. The number of hydrogen-bond acceptors (Lipinski definition) is 5. The summed E-state index contributed by atoms with van der Waals surface area (Å²) in [6.07, 6.45) is 11.7. The average molecular weight is 315 g/mol. The second-order valence-corrected chi connectivity index (χ2v) is 7.34. The van der Waals surface area contributed by atoms with Crippen molar-refractivity contribution in [2.45, 2.75) is 25.1 Å². The topological polar surface area (TPSA) is 28.2 Å². The molecule has 5 aliphatic heterocycles. The molecule has 3 fully saturated rings. The molecule has 5 heterocycles. The Hall–Kier alpha value is -1.30. The van der Waals surface area contributed by atoms with Gasteiger partial charge in [-0.1, -0.05) is 0 Å². The van der Waals surface area contributed by atoms with Gasteiger partial charge in [-0.2, -0.15) is 0 Å². The highest BCUT2D eigenvalue weighted by molar-refractivity contribution is 5.43. The standard InChI is InChI=1S/C18H25N3O2/c1-3-19-11-14(1)9-16(12-19)21-4-2-15-10-18(23-17(15)13-21)20-5-7-22-8-6-20/h2,4,10,13-14,16,18H,1,3,5-9,11-12H2/t14-,16-,18?/m1/s1. The number of morpholine rings is 1. The second kappa shape index (κ2) is 5.65. The number of ether oxygens (including phenoxy) is 2. The van der Waals surface area contributed by atoms with Crippen LogP contribution in [0.1, 0.15) is 12.8 Å². The Balaban J connectivity index is 1.29. The van der Waals surface area contributed by atoms with E-state index in [1.807, 2.05) is 0 Å². The lowest BCUT2D eigenvalue weighted by molar-refractivity contribution is -0.0420. The number of allylic oxidation sites excluding steroid dienone is 1. The zero-order valence-corrected chi connectivity index (χ0v) is 13.6. The van der Waals surface area contributed by atoms with Crippen LogP contribution in [0.5, 0.6) is 0 Å². The summed E-state index contributed by atoms with van der Waals surface area (Å²) < 4.78 is 11.7. The van der Waals surface area contributed by atoms with Gasteiger partial charge in [0, 0.05) is 50.2 Å². The summed E-state index contributed by atoms with van der Waals surface area (Å²) in [4.78, 5) is 7.36. The number of hydrogen-bond donors (Lipinski definition) is 0. The lowest BCUT2D eigenvalue weighted by atomic mass is 9.95. The Labute approximate surface area is 137 Å². The number of rotatable bonds is 2. The molecule has 3 saturated heterocycles. The van der Waals surface area contributed by atoms with E-state index >= 15 is 0 Å². The number of fused-ring (bicyclic) bond motifs is 3. The molecule has 0 amide bonds. The molecule has 0 radical (unpaired) electrons. The summed E-state index contributed by atoms with van der Waals surface area (Å²) in [5.74, 6) is 1.93. The van der Waals surface area contributed by atoms with Crippen molar-refractivity contribution >= 4 is 0 Å². The average Bonchev–Trinajstić information content (AvgIpc) is 3.17. The Kier molecular flexibility index (Phi) is 3.46. The summed E-state index contributed by atoms with van der Waals surface area (Å²) in [7, 11) is 0. The molecule has 5 aliphatic rings. The smallest absolute Gasteiger partial charge is 0.173 e. The van der Waals surface area contributed by atoms with Gasteiger partial charge in [-0.15, -0.1) is 0 Å². The van der Waals surface area contributed by atoms with Crippen LogP contribution in [0.15, 0.2) is 35.9 Å². The van der Waals surface area contributed by atoms with Gasteiger partial charge in [0.2, 0.25) is 0 Å². The van der Waals surface area contributed by atoms with Gasteiger partial charge in [0.05, 0.1) is 13.2 Å². The van der Waals surface area contributed by atoms with Gasteiger partial charge < -0.3 is 19.3 Å². The Morgan fingerprint density at radius 2 is 2.00 bits per heavy atom. The first kappa shape index (κ1) is 14.1. The van der Waals surface area contributed by atoms with E-state index in [-0.39, 0.29) is 6.23 Å². The summed E-state index contributed by atoms with van der Waals surface area (Å²) >= 11 is 0. The molecule has 5 nitrogen and oxygen atoms in total. The van der Waals surface area contributed by atoms with E-state index in [0.29, 0.717) is 6.04 Å². The van der Waals surface area contributed by atoms with Gasteiger partial charge in [-0.05, 0) is 37.5 Å². The molecule has 0 spiro atoms. The minimum Gasteiger partial charge on any atom is -0.469 e. The van der Waals surface area contributed by atoms with Gasteiger partial charge in [0.1, 0.15) is 5.76 Å². The van der Waals surface area contributed by atoms with Gasteiger partial charge in [0.25, 0.3) is 0 Å². The first-order valence-corrected chi connectivity index (χ1v) is 8.96. The van der Waals surface area contributed by atoms with Gasteiger partial charge in [0.15, 0.2) is 6.23 Å². The molecule has 2 bridgehead atoms. The molecule has 124 valence electrons. The minimum absolute atomic E-state index is 0.0797. The molecule has 0 aromatic heterocycles. The molecule has 2 unspecified atom stereocenters. The predicted molar refractivity (Wildman–Crippen MR) is 87.4 cm³/mol. The first-order valence-electron chi connectivity index (χ1n) is 8.96. The van der Waals surface area contributed by atoms with Crippen molar-refractivity contribution in [1.82, 2.24) is 14.7 Å². The summed E-state index contributed by atoms with van der Waals surface area (Å²) in [5, 5.41) is 0. The highest BCUT2D eigenvalue weighted by atomic mass is 16.5. The van der Waals surface area contributed by atoms with Crippen LogP contribution in [0.25, 0.3) is 0 Å². The molecule has 0 aromatic rings. The van der Waals surface area contributed by atoms with Crippen LogP contribution in [0.4, 0.5) is 0 Å². The van der Waals surface area contributed by atoms with Crippen molar-refractivity contribution in [3.8, 4) is 0 Å². The molecule has 5 rings (SSSR count).